The fraction of sp³-hybridized carbons (Fsp3) is 1.00. The summed E-state index contributed by atoms with van der Waals surface area (Å²) >= 11 is 0. The molecule has 1 heterocycles. The zero-order valence-corrected chi connectivity index (χ0v) is 7.61. The lowest BCUT2D eigenvalue weighted by Crippen LogP contribution is -2.62. The topological polar surface area (TPSA) is 33.3 Å². The number of ether oxygens (including phenoxy) is 1. The Kier molecular flexibility index (Phi) is 2.87. The van der Waals surface area contributed by atoms with E-state index in [0.717, 1.165) is 19.7 Å². The molecule has 3 heteroatoms. The Bertz CT molecular complexity index is 121. The van der Waals surface area contributed by atoms with E-state index in [1.54, 1.807) is 7.11 Å². The molecule has 0 bridgehead atoms. The lowest BCUT2D eigenvalue weighted by atomic mass is 10.0. The van der Waals surface area contributed by atoms with E-state index < -0.39 is 0 Å². The smallest absolute Gasteiger partial charge is 0.0639 e. The SMILES string of the molecule is COCC(C)(C)NC1CNC1. The summed E-state index contributed by atoms with van der Waals surface area (Å²) in [5.74, 6) is 0. The summed E-state index contributed by atoms with van der Waals surface area (Å²) < 4.78 is 5.09. The standard InChI is InChI=1S/C8H18N2O/c1-8(2,6-11-3)10-7-4-9-5-7/h7,9-10H,4-6H2,1-3H3. The molecule has 0 aromatic heterocycles. The first-order valence-corrected chi connectivity index (χ1v) is 4.11. The first-order valence-electron chi connectivity index (χ1n) is 4.11. The summed E-state index contributed by atoms with van der Waals surface area (Å²) in [6.45, 7) is 7.27. The minimum atomic E-state index is 0.113. The minimum absolute atomic E-state index is 0.113. The van der Waals surface area contributed by atoms with Gasteiger partial charge in [0.2, 0.25) is 0 Å². The van der Waals surface area contributed by atoms with E-state index >= 15 is 0 Å². The molecule has 0 atom stereocenters. The van der Waals surface area contributed by atoms with E-state index in [1.165, 1.54) is 0 Å². The van der Waals surface area contributed by atoms with Gasteiger partial charge in [-0.3, -0.25) is 0 Å². The Labute approximate surface area is 68.5 Å². The van der Waals surface area contributed by atoms with Crippen LogP contribution in [-0.4, -0.2) is 38.4 Å². The van der Waals surface area contributed by atoms with Gasteiger partial charge in [-0.25, -0.2) is 0 Å². The highest BCUT2D eigenvalue weighted by atomic mass is 16.5. The van der Waals surface area contributed by atoms with Crippen LogP contribution in [0.3, 0.4) is 0 Å². The minimum Gasteiger partial charge on any atom is -0.383 e. The van der Waals surface area contributed by atoms with Crippen LogP contribution in [0.5, 0.6) is 0 Å². The van der Waals surface area contributed by atoms with Crippen molar-refractivity contribution in [3.63, 3.8) is 0 Å². The van der Waals surface area contributed by atoms with Gasteiger partial charge >= 0.3 is 0 Å². The molecule has 1 rings (SSSR count). The van der Waals surface area contributed by atoms with Crippen molar-refractivity contribution >= 4 is 0 Å². The maximum atomic E-state index is 5.09. The Morgan fingerprint density at radius 1 is 1.55 bits per heavy atom. The van der Waals surface area contributed by atoms with Gasteiger partial charge in [-0.05, 0) is 13.8 Å². The summed E-state index contributed by atoms with van der Waals surface area (Å²) in [7, 11) is 1.74. The molecule has 1 aliphatic rings. The predicted octanol–water partition coefficient (Wildman–Crippen LogP) is -0.0272. The van der Waals surface area contributed by atoms with Crippen LogP contribution in [0.4, 0.5) is 0 Å². The highest BCUT2D eigenvalue weighted by molar-refractivity contribution is 4.89. The van der Waals surface area contributed by atoms with Crippen LogP contribution >= 0.6 is 0 Å². The molecule has 3 nitrogen and oxygen atoms in total. The third-order valence-electron chi connectivity index (χ3n) is 1.88. The summed E-state index contributed by atoms with van der Waals surface area (Å²) in [5, 5.41) is 6.73. The summed E-state index contributed by atoms with van der Waals surface area (Å²) in [5.41, 5.74) is 0.113. The average molecular weight is 158 g/mol. The van der Waals surface area contributed by atoms with Crippen molar-refractivity contribution in [2.24, 2.45) is 0 Å². The summed E-state index contributed by atoms with van der Waals surface area (Å²) in [6.07, 6.45) is 0. The zero-order valence-electron chi connectivity index (χ0n) is 7.61. The zero-order chi connectivity index (χ0) is 8.32. The van der Waals surface area contributed by atoms with Gasteiger partial charge in [0.15, 0.2) is 0 Å². The molecule has 0 unspecified atom stereocenters. The number of hydrogen-bond donors (Lipinski definition) is 2. The lowest BCUT2D eigenvalue weighted by molar-refractivity contribution is 0.113. The second kappa shape index (κ2) is 3.52. The van der Waals surface area contributed by atoms with Gasteiger partial charge in [0.25, 0.3) is 0 Å². The van der Waals surface area contributed by atoms with Crippen molar-refractivity contribution in [1.29, 1.82) is 0 Å². The molecular formula is C8H18N2O. The first-order chi connectivity index (χ1) is 5.14. The molecule has 0 aliphatic carbocycles. The van der Waals surface area contributed by atoms with Gasteiger partial charge in [0.05, 0.1) is 6.61 Å². The first kappa shape index (κ1) is 8.97. The largest absolute Gasteiger partial charge is 0.383 e. The van der Waals surface area contributed by atoms with Crippen LogP contribution in [0.15, 0.2) is 0 Å². The van der Waals surface area contributed by atoms with E-state index in [9.17, 15) is 0 Å². The molecule has 1 saturated heterocycles. The van der Waals surface area contributed by atoms with Crippen LogP contribution in [0.1, 0.15) is 13.8 Å². The predicted molar refractivity (Wildman–Crippen MR) is 45.7 cm³/mol. The van der Waals surface area contributed by atoms with Crippen molar-refractivity contribution in [1.82, 2.24) is 10.6 Å². The van der Waals surface area contributed by atoms with Crippen LogP contribution in [0.25, 0.3) is 0 Å². The van der Waals surface area contributed by atoms with Crippen molar-refractivity contribution in [3.8, 4) is 0 Å². The Balaban J connectivity index is 2.20. The van der Waals surface area contributed by atoms with Crippen molar-refractivity contribution in [3.05, 3.63) is 0 Å². The van der Waals surface area contributed by atoms with Gasteiger partial charge in [0, 0.05) is 31.8 Å². The molecular weight excluding hydrogens is 140 g/mol. The maximum Gasteiger partial charge on any atom is 0.0639 e. The van der Waals surface area contributed by atoms with Crippen molar-refractivity contribution in [2.75, 3.05) is 26.8 Å². The Hall–Kier alpha value is -0.120. The van der Waals surface area contributed by atoms with Gasteiger partial charge in [-0.2, -0.15) is 0 Å². The summed E-state index contributed by atoms with van der Waals surface area (Å²) in [6, 6.07) is 0.639. The molecule has 2 N–H and O–H groups in total. The fourth-order valence-electron chi connectivity index (χ4n) is 1.35. The van der Waals surface area contributed by atoms with E-state index in [4.69, 9.17) is 4.74 Å². The van der Waals surface area contributed by atoms with E-state index in [2.05, 4.69) is 24.5 Å². The van der Waals surface area contributed by atoms with E-state index in [1.807, 2.05) is 0 Å². The van der Waals surface area contributed by atoms with Crippen LogP contribution in [0, 0.1) is 0 Å². The number of hydrogen-bond acceptors (Lipinski definition) is 3. The normalized spacial score (nSPS) is 19.9. The Morgan fingerprint density at radius 3 is 2.55 bits per heavy atom. The average Bonchev–Trinajstić information content (AvgIpc) is 1.79. The molecule has 1 aliphatic heterocycles. The number of rotatable bonds is 4. The van der Waals surface area contributed by atoms with Gasteiger partial charge < -0.3 is 15.4 Å². The molecule has 1 fully saturated rings. The van der Waals surface area contributed by atoms with Crippen molar-refractivity contribution in [2.45, 2.75) is 25.4 Å². The molecule has 0 aromatic carbocycles. The molecule has 0 spiro atoms. The Morgan fingerprint density at radius 2 is 2.18 bits per heavy atom. The highest BCUT2D eigenvalue weighted by Gasteiger charge is 2.25. The van der Waals surface area contributed by atoms with Crippen LogP contribution in [-0.2, 0) is 4.74 Å². The third kappa shape index (κ3) is 2.77. The monoisotopic (exact) mass is 158 g/mol. The van der Waals surface area contributed by atoms with E-state index in [-0.39, 0.29) is 5.54 Å². The molecule has 11 heavy (non-hydrogen) atoms. The van der Waals surface area contributed by atoms with Gasteiger partial charge in [-0.15, -0.1) is 0 Å². The van der Waals surface area contributed by atoms with E-state index in [0.29, 0.717) is 6.04 Å². The molecule has 0 aromatic rings. The lowest BCUT2D eigenvalue weighted by Gasteiger charge is -2.36. The number of methoxy groups -OCH3 is 1. The quantitative estimate of drug-likeness (QED) is 0.603. The fourth-order valence-corrected chi connectivity index (χ4v) is 1.35. The molecule has 66 valence electrons. The summed E-state index contributed by atoms with van der Waals surface area (Å²) in [4.78, 5) is 0. The second-order valence-corrected chi connectivity index (χ2v) is 3.82. The molecule has 0 radical (unpaired) electrons. The van der Waals surface area contributed by atoms with Crippen LogP contribution in [0.2, 0.25) is 0 Å². The highest BCUT2D eigenvalue weighted by Crippen LogP contribution is 2.05. The molecule has 0 saturated carbocycles. The maximum absolute atomic E-state index is 5.09. The van der Waals surface area contributed by atoms with Crippen molar-refractivity contribution < 1.29 is 4.74 Å². The third-order valence-corrected chi connectivity index (χ3v) is 1.88. The van der Waals surface area contributed by atoms with Crippen LogP contribution < -0.4 is 10.6 Å². The number of nitrogens with one attached hydrogen (secondary N) is 2. The molecule has 0 amide bonds. The van der Waals surface area contributed by atoms with Gasteiger partial charge in [-0.1, -0.05) is 0 Å². The second-order valence-electron chi connectivity index (χ2n) is 3.82. The van der Waals surface area contributed by atoms with Gasteiger partial charge in [0.1, 0.15) is 0 Å².